The highest BCUT2D eigenvalue weighted by Crippen LogP contribution is 2.12. The first-order valence-electron chi connectivity index (χ1n) is 28.0. The lowest BCUT2D eigenvalue weighted by atomic mass is 10.00. The number of benzene rings is 2. The number of thiocarbonyl (C=S) groups is 1. The molecule has 0 bridgehead atoms. The third kappa shape index (κ3) is 24.0. The normalized spacial score (nSPS) is 22.5. The minimum atomic E-state index is -1.69. The molecule has 0 aromatic heterocycles. The number of hydrogen-bond acceptors (Lipinski definition) is 18. The number of aliphatic hydroxyl groups is 2. The lowest BCUT2D eigenvalue weighted by Crippen LogP contribution is -2.62. The fourth-order valence-electron chi connectivity index (χ4n) is 8.72. The van der Waals surface area contributed by atoms with Crippen LogP contribution >= 0.6 is 12.2 Å². The monoisotopic (exact) mass is 1200 g/mol. The molecule has 84 heavy (non-hydrogen) atoms. The average molecular weight is 1200 g/mol. The number of aliphatic hydroxyl groups excluding tert-OH is 2. The van der Waals surface area contributed by atoms with E-state index in [1.165, 1.54) is 13.8 Å². The molecule has 1 heterocycles. The van der Waals surface area contributed by atoms with Gasteiger partial charge in [-0.2, -0.15) is 0 Å². The zero-order chi connectivity index (χ0) is 62.5. The maximum absolute atomic E-state index is 14.5. The molecule has 2 aromatic carbocycles. The quantitative estimate of drug-likeness (QED) is 0.0435. The molecule has 1 fully saturated rings. The number of para-hydroxylation sites is 1. The summed E-state index contributed by atoms with van der Waals surface area (Å²) in [7, 11) is 0. The number of hydrogen-bond donors (Lipinski definition) is 19. The summed E-state index contributed by atoms with van der Waals surface area (Å²) in [5.41, 5.74) is 30.6. The van der Waals surface area contributed by atoms with Crippen molar-refractivity contribution in [1.29, 1.82) is 0 Å². The molecule has 0 radical (unpaired) electrons. The standard InChI is InChI=1S/C54H87N17O12S/c1-29(2)27-40-50(80)64-34(15-21-55)44(74)63-37(18-24-58)48(78)70-42(30(3)72)52(82)60-26-20-39(47(77)62-35(16-22-56)46(76)68-41(51(81)67-40)28-32-11-7-5-8-12-32)65-45(75)36(17-23-57)66-53(83)43(31(4)73)71-49(79)38(19-25-59)69-54(84)61-33-13-9-6-10-14-33/h5-14,29-31,34-43,72-73H,15-28,55-59H2,1-4H3,(H,60,82)(H,62,77)(H,63,74)(H,64,80)(H,65,75)(H,66,83)(H,67,81)(H,68,76)(H,70,78)(H,71,79)(H2,61,69,84)/t30-,31-,34+,35+,36+,37+,38+,39+,40+,41-,42+,43+/m1/s1. The molecule has 2 aromatic rings. The predicted octanol–water partition coefficient (Wildman–Crippen LogP) is -5.98. The molecule has 10 amide bonds. The Hall–Kier alpha value is -7.45. The van der Waals surface area contributed by atoms with Gasteiger partial charge >= 0.3 is 0 Å². The first-order valence-corrected chi connectivity index (χ1v) is 28.4. The van der Waals surface area contributed by atoms with Crippen LogP contribution in [0.4, 0.5) is 5.69 Å². The fourth-order valence-corrected chi connectivity index (χ4v) is 8.98. The summed E-state index contributed by atoms with van der Waals surface area (Å²) in [5.74, 6) is -9.43. The van der Waals surface area contributed by atoms with Crippen LogP contribution in [-0.4, -0.2) is 186 Å². The lowest BCUT2D eigenvalue weighted by molar-refractivity contribution is -0.136. The van der Waals surface area contributed by atoms with Crippen molar-refractivity contribution in [2.75, 3.05) is 44.6 Å². The van der Waals surface area contributed by atoms with Crippen molar-refractivity contribution < 1.29 is 58.2 Å². The molecule has 3 rings (SSSR count). The minimum absolute atomic E-state index is 0.0103. The summed E-state index contributed by atoms with van der Waals surface area (Å²) >= 11 is 5.40. The predicted molar refractivity (Wildman–Crippen MR) is 316 cm³/mol. The topological polar surface area (TPSA) is 486 Å². The molecule has 0 aliphatic carbocycles. The van der Waals surface area contributed by atoms with Gasteiger partial charge in [-0.15, -0.1) is 0 Å². The zero-order valence-electron chi connectivity index (χ0n) is 48.0. The van der Waals surface area contributed by atoms with E-state index in [9.17, 15) is 58.2 Å². The van der Waals surface area contributed by atoms with Crippen LogP contribution in [0.2, 0.25) is 0 Å². The van der Waals surface area contributed by atoms with E-state index < -0.39 is 145 Å². The number of nitrogens with two attached hydrogens (primary N) is 5. The SMILES string of the molecule is CC(C)C[C@@H]1NC(=O)[C@@H](Cc2ccccc2)NC(=O)[C@H](CCN)NC(=O)[C@@H](NC(=O)[C@H](CCN)NC(=O)[C@@H](NC(=O)[C@H](CCN)NC(=S)Nc2ccccc2)[C@@H](C)O)CCNC(=O)[C@H]([C@@H](C)O)NC(=O)[C@H](CCN)NC(=O)[C@H](CCN)NC1=O. The van der Waals surface area contributed by atoms with Crippen LogP contribution in [0.5, 0.6) is 0 Å². The Morgan fingerprint density at radius 2 is 1.02 bits per heavy atom. The molecule has 12 atom stereocenters. The minimum Gasteiger partial charge on any atom is -0.391 e. The van der Waals surface area contributed by atoms with Crippen molar-refractivity contribution in [3.05, 3.63) is 66.2 Å². The van der Waals surface area contributed by atoms with E-state index in [1.54, 1.807) is 74.5 Å². The molecule has 1 aliphatic heterocycles. The maximum atomic E-state index is 14.5. The van der Waals surface area contributed by atoms with Crippen molar-refractivity contribution >= 4 is 82.1 Å². The van der Waals surface area contributed by atoms with Crippen molar-refractivity contribution in [2.24, 2.45) is 34.6 Å². The molecular weight excluding hydrogens is 1110 g/mol. The van der Waals surface area contributed by atoms with Gasteiger partial charge in [-0.25, -0.2) is 0 Å². The van der Waals surface area contributed by atoms with E-state index in [-0.39, 0.29) is 88.7 Å². The van der Waals surface area contributed by atoms with Gasteiger partial charge in [0.1, 0.15) is 60.4 Å². The largest absolute Gasteiger partial charge is 0.391 e. The summed E-state index contributed by atoms with van der Waals surface area (Å²) < 4.78 is 0. The Kier molecular flexibility index (Phi) is 31.2. The maximum Gasteiger partial charge on any atom is 0.245 e. The van der Waals surface area contributed by atoms with E-state index >= 15 is 0 Å². The van der Waals surface area contributed by atoms with E-state index in [0.717, 1.165) is 0 Å². The molecule has 29 nitrogen and oxygen atoms in total. The van der Waals surface area contributed by atoms with Crippen LogP contribution in [0, 0.1) is 5.92 Å². The second-order valence-electron chi connectivity index (χ2n) is 20.7. The number of amides is 10. The van der Waals surface area contributed by atoms with E-state index in [1.807, 2.05) is 0 Å². The van der Waals surface area contributed by atoms with Crippen LogP contribution in [0.1, 0.15) is 78.2 Å². The molecule has 466 valence electrons. The van der Waals surface area contributed by atoms with Crippen LogP contribution in [0.25, 0.3) is 0 Å². The third-order valence-electron chi connectivity index (χ3n) is 13.2. The van der Waals surface area contributed by atoms with Crippen molar-refractivity contribution in [2.45, 2.75) is 152 Å². The highest BCUT2D eigenvalue weighted by atomic mass is 32.1. The lowest BCUT2D eigenvalue weighted by Gasteiger charge is -2.29. The summed E-state index contributed by atoms with van der Waals surface area (Å²) in [4.78, 5) is 141. The average Bonchev–Trinajstić information content (AvgIpc) is 3.64. The van der Waals surface area contributed by atoms with Crippen molar-refractivity contribution in [3.63, 3.8) is 0 Å². The zero-order valence-corrected chi connectivity index (χ0v) is 48.8. The molecule has 0 spiro atoms. The van der Waals surface area contributed by atoms with E-state index in [0.29, 0.717) is 11.3 Å². The Morgan fingerprint density at radius 3 is 1.52 bits per heavy atom. The summed E-state index contributed by atoms with van der Waals surface area (Å²) in [6, 6.07) is 2.72. The number of rotatable bonds is 24. The second kappa shape index (κ2) is 37.0. The van der Waals surface area contributed by atoms with Gasteiger partial charge in [-0.05, 0) is 127 Å². The van der Waals surface area contributed by atoms with Crippen molar-refractivity contribution in [1.82, 2.24) is 58.5 Å². The van der Waals surface area contributed by atoms with Gasteiger partial charge in [0.05, 0.1) is 12.2 Å². The Balaban J connectivity index is 2.08. The number of anilines is 1. The molecule has 0 unspecified atom stereocenters. The molecule has 1 saturated heterocycles. The van der Waals surface area contributed by atoms with Gasteiger partial charge in [0.25, 0.3) is 0 Å². The number of nitrogens with one attached hydrogen (secondary N) is 12. The van der Waals surface area contributed by atoms with E-state index in [2.05, 4.69) is 63.8 Å². The Morgan fingerprint density at radius 1 is 0.560 bits per heavy atom. The highest BCUT2D eigenvalue weighted by Gasteiger charge is 2.37. The van der Waals surface area contributed by atoms with Gasteiger partial charge in [0, 0.05) is 18.7 Å². The van der Waals surface area contributed by atoms with Gasteiger partial charge in [-0.1, -0.05) is 62.4 Å². The van der Waals surface area contributed by atoms with Crippen LogP contribution in [-0.2, 0) is 54.4 Å². The van der Waals surface area contributed by atoms with Crippen LogP contribution in [0.15, 0.2) is 60.7 Å². The molecule has 24 N–H and O–H groups in total. The summed E-state index contributed by atoms with van der Waals surface area (Å²) in [6.45, 7) is 4.87. The van der Waals surface area contributed by atoms with Crippen molar-refractivity contribution in [3.8, 4) is 0 Å². The third-order valence-corrected chi connectivity index (χ3v) is 13.4. The fraction of sp³-hybridized carbons (Fsp3) is 0.574. The number of carbonyl (C=O) groups excluding carboxylic acids is 10. The highest BCUT2D eigenvalue weighted by molar-refractivity contribution is 7.80. The molecule has 0 saturated carbocycles. The van der Waals surface area contributed by atoms with Crippen LogP contribution < -0.4 is 92.5 Å². The Labute approximate surface area is 494 Å². The summed E-state index contributed by atoms with van der Waals surface area (Å²) in [6.07, 6.45) is -4.40. The van der Waals surface area contributed by atoms with Gasteiger partial charge in [0.15, 0.2) is 5.11 Å². The van der Waals surface area contributed by atoms with Gasteiger partial charge in [-0.3, -0.25) is 47.9 Å². The second-order valence-corrected chi connectivity index (χ2v) is 21.1. The van der Waals surface area contributed by atoms with Gasteiger partial charge in [0.2, 0.25) is 59.1 Å². The Bertz CT molecular complexity index is 2500. The molecule has 30 heteroatoms. The molecular formula is C54H87N17O12S. The first-order chi connectivity index (χ1) is 40.0. The van der Waals surface area contributed by atoms with E-state index in [4.69, 9.17) is 40.9 Å². The summed E-state index contributed by atoms with van der Waals surface area (Å²) in [5, 5.41) is 53.0. The van der Waals surface area contributed by atoms with Gasteiger partial charge < -0.3 is 103 Å². The van der Waals surface area contributed by atoms with Crippen LogP contribution in [0.3, 0.4) is 0 Å². The molecule has 1 aliphatic rings. The smallest absolute Gasteiger partial charge is 0.245 e. The number of carbonyl (C=O) groups is 10. The first kappa shape index (κ1) is 70.8.